The van der Waals surface area contributed by atoms with E-state index < -0.39 is 0 Å². The molecule has 0 radical (unpaired) electrons. The van der Waals surface area contributed by atoms with Crippen LogP contribution in [0.3, 0.4) is 0 Å². The van der Waals surface area contributed by atoms with Crippen LogP contribution in [-0.2, 0) is 5.88 Å². The molecule has 1 aliphatic heterocycles. The van der Waals surface area contributed by atoms with Gasteiger partial charge >= 0.3 is 0 Å². The second kappa shape index (κ2) is 5.67. The van der Waals surface area contributed by atoms with Crippen molar-refractivity contribution in [3.05, 3.63) is 29.6 Å². The van der Waals surface area contributed by atoms with E-state index in [1.54, 1.807) is 0 Å². The third-order valence-electron chi connectivity index (χ3n) is 4.43. The number of alkyl halides is 1. The smallest absolute Gasteiger partial charge is 0.125 e. The summed E-state index contributed by atoms with van der Waals surface area (Å²) in [5.41, 5.74) is 2.44. The molecule has 2 atom stereocenters. The summed E-state index contributed by atoms with van der Waals surface area (Å²) in [7, 11) is 2.16. The minimum Gasteiger partial charge on any atom is -0.323 e. The van der Waals surface area contributed by atoms with Gasteiger partial charge in [-0.15, -0.1) is 11.6 Å². The van der Waals surface area contributed by atoms with E-state index in [1.807, 2.05) is 18.2 Å². The van der Waals surface area contributed by atoms with E-state index in [1.165, 1.54) is 0 Å². The zero-order valence-electron chi connectivity index (χ0n) is 12.4. The van der Waals surface area contributed by atoms with Crippen molar-refractivity contribution in [1.82, 2.24) is 14.5 Å². The van der Waals surface area contributed by atoms with Crippen LogP contribution in [0.1, 0.15) is 30.8 Å². The zero-order chi connectivity index (χ0) is 15.0. The number of hydrogen-bond donors (Lipinski definition) is 0. The number of imidazole rings is 1. The monoisotopic (exact) mass is 302 g/mol. The molecule has 1 aromatic carbocycles. The summed E-state index contributed by atoms with van der Waals surface area (Å²) in [5.74, 6) is 1.78. The molecule has 5 heteroatoms. The van der Waals surface area contributed by atoms with Gasteiger partial charge in [-0.2, -0.15) is 5.26 Å². The average Bonchev–Trinajstić information content (AvgIpc) is 2.85. The van der Waals surface area contributed by atoms with Crippen LogP contribution >= 0.6 is 11.6 Å². The molecular formula is C16H19ClN4. The largest absolute Gasteiger partial charge is 0.323 e. The number of para-hydroxylation sites is 1. The molecule has 21 heavy (non-hydrogen) atoms. The lowest BCUT2D eigenvalue weighted by Crippen LogP contribution is -2.38. The van der Waals surface area contributed by atoms with Gasteiger partial charge in [-0.05, 0) is 38.1 Å². The highest BCUT2D eigenvalue weighted by molar-refractivity contribution is 6.16. The van der Waals surface area contributed by atoms with E-state index >= 15 is 0 Å². The number of rotatable bonds is 2. The van der Waals surface area contributed by atoms with Crippen molar-refractivity contribution >= 4 is 22.6 Å². The van der Waals surface area contributed by atoms with Crippen LogP contribution in [0.2, 0.25) is 0 Å². The highest BCUT2D eigenvalue weighted by Crippen LogP contribution is 2.33. The fourth-order valence-electron chi connectivity index (χ4n) is 3.45. The maximum atomic E-state index is 9.27. The Balaban J connectivity index is 2.15. The van der Waals surface area contributed by atoms with E-state index in [4.69, 9.17) is 11.6 Å². The number of aromatic nitrogens is 2. The third kappa shape index (κ3) is 2.41. The molecular weight excluding hydrogens is 284 g/mol. The summed E-state index contributed by atoms with van der Waals surface area (Å²) in [6.45, 7) is 4.43. The molecule has 2 heterocycles. The molecule has 2 unspecified atom stereocenters. The summed E-state index contributed by atoms with van der Waals surface area (Å²) in [4.78, 5) is 6.99. The van der Waals surface area contributed by atoms with Crippen molar-refractivity contribution in [2.45, 2.75) is 25.3 Å². The van der Waals surface area contributed by atoms with Crippen molar-refractivity contribution < 1.29 is 0 Å². The van der Waals surface area contributed by atoms with Crippen molar-refractivity contribution in [3.8, 4) is 6.07 Å². The molecule has 1 aliphatic rings. The van der Waals surface area contributed by atoms with Crippen molar-refractivity contribution in [3.63, 3.8) is 0 Å². The molecule has 110 valence electrons. The van der Waals surface area contributed by atoms with E-state index in [0.29, 0.717) is 23.4 Å². The second-order valence-electron chi connectivity index (χ2n) is 5.91. The molecule has 4 nitrogen and oxygen atoms in total. The highest BCUT2D eigenvalue weighted by atomic mass is 35.5. The molecule has 1 saturated heterocycles. The number of piperidine rings is 1. The fraction of sp³-hybridized carbons (Fsp3) is 0.500. The van der Waals surface area contributed by atoms with Gasteiger partial charge in [-0.3, -0.25) is 0 Å². The lowest BCUT2D eigenvalue weighted by molar-refractivity contribution is 0.160. The first-order chi connectivity index (χ1) is 10.2. The number of nitrogens with zero attached hydrogens (tertiary/aromatic N) is 4. The van der Waals surface area contributed by atoms with Crippen LogP contribution in [0.4, 0.5) is 0 Å². The molecule has 0 bridgehead atoms. The van der Waals surface area contributed by atoms with Crippen LogP contribution in [-0.4, -0.2) is 34.6 Å². The number of likely N-dealkylation sites (tertiary alicyclic amines) is 1. The normalized spacial score (nSPS) is 23.3. The maximum Gasteiger partial charge on any atom is 0.125 e. The van der Waals surface area contributed by atoms with Gasteiger partial charge in [-0.25, -0.2) is 4.98 Å². The predicted molar refractivity (Wildman–Crippen MR) is 84.3 cm³/mol. The van der Waals surface area contributed by atoms with Crippen LogP contribution in [0.15, 0.2) is 18.2 Å². The van der Waals surface area contributed by atoms with Crippen molar-refractivity contribution in [2.24, 2.45) is 5.92 Å². The van der Waals surface area contributed by atoms with Crippen LogP contribution in [0.5, 0.6) is 0 Å². The van der Waals surface area contributed by atoms with Crippen LogP contribution in [0, 0.1) is 17.2 Å². The first kappa shape index (κ1) is 14.4. The molecule has 0 aliphatic carbocycles. The zero-order valence-corrected chi connectivity index (χ0v) is 13.1. The predicted octanol–water partition coefficient (Wildman–Crippen LogP) is 3.16. The molecule has 1 fully saturated rings. The Morgan fingerprint density at radius 3 is 2.95 bits per heavy atom. The van der Waals surface area contributed by atoms with Gasteiger partial charge in [0.15, 0.2) is 0 Å². The van der Waals surface area contributed by atoms with Gasteiger partial charge in [0.25, 0.3) is 0 Å². The SMILES string of the molecule is CC1CN(C)CCC1n1c(CCl)nc2c(C#N)cccc21. The summed E-state index contributed by atoms with van der Waals surface area (Å²) < 4.78 is 2.26. The minimum absolute atomic E-state index is 0.374. The van der Waals surface area contributed by atoms with Crippen molar-refractivity contribution in [2.75, 3.05) is 20.1 Å². The standard InChI is InChI=1S/C16H19ClN4/c1-11-10-20(2)7-6-13(11)21-14-5-3-4-12(9-18)16(14)19-15(21)8-17/h3-5,11,13H,6-8,10H2,1-2H3. The summed E-state index contributed by atoms with van der Waals surface area (Å²) in [5, 5.41) is 9.27. The molecule has 1 aromatic heterocycles. The molecule has 3 rings (SSSR count). The van der Waals surface area contributed by atoms with E-state index in [0.717, 1.165) is 36.4 Å². The summed E-state index contributed by atoms with van der Waals surface area (Å²) >= 11 is 6.12. The van der Waals surface area contributed by atoms with Crippen LogP contribution in [0.25, 0.3) is 11.0 Å². The Morgan fingerprint density at radius 2 is 2.29 bits per heavy atom. The molecule has 0 N–H and O–H groups in total. The number of benzene rings is 1. The number of nitriles is 1. The van der Waals surface area contributed by atoms with Gasteiger partial charge in [0, 0.05) is 12.6 Å². The van der Waals surface area contributed by atoms with Crippen molar-refractivity contribution in [1.29, 1.82) is 5.26 Å². The second-order valence-corrected chi connectivity index (χ2v) is 6.18. The maximum absolute atomic E-state index is 9.27. The fourth-order valence-corrected chi connectivity index (χ4v) is 3.63. The Morgan fingerprint density at radius 1 is 1.48 bits per heavy atom. The van der Waals surface area contributed by atoms with Gasteiger partial charge in [0.1, 0.15) is 17.4 Å². The Kier molecular flexibility index (Phi) is 3.88. The van der Waals surface area contributed by atoms with Gasteiger partial charge in [0.2, 0.25) is 0 Å². The van der Waals surface area contributed by atoms with Gasteiger partial charge < -0.3 is 9.47 Å². The van der Waals surface area contributed by atoms with Gasteiger partial charge in [-0.1, -0.05) is 13.0 Å². The lowest BCUT2D eigenvalue weighted by Gasteiger charge is -2.36. The van der Waals surface area contributed by atoms with Gasteiger partial charge in [0.05, 0.1) is 17.0 Å². The van der Waals surface area contributed by atoms with E-state index in [-0.39, 0.29) is 0 Å². The molecule has 0 saturated carbocycles. The first-order valence-corrected chi connectivity index (χ1v) is 7.83. The topological polar surface area (TPSA) is 44.9 Å². The molecule has 2 aromatic rings. The van der Waals surface area contributed by atoms with E-state index in [9.17, 15) is 5.26 Å². The average molecular weight is 303 g/mol. The summed E-state index contributed by atoms with van der Waals surface area (Å²) in [6.07, 6.45) is 1.09. The number of hydrogen-bond acceptors (Lipinski definition) is 3. The lowest BCUT2D eigenvalue weighted by atomic mass is 9.93. The number of fused-ring (bicyclic) bond motifs is 1. The summed E-state index contributed by atoms with van der Waals surface area (Å²) in [6, 6.07) is 8.41. The molecule has 0 amide bonds. The Hall–Kier alpha value is -1.57. The number of halogens is 1. The molecule has 0 spiro atoms. The Bertz CT molecular complexity index is 700. The first-order valence-electron chi connectivity index (χ1n) is 7.30. The third-order valence-corrected chi connectivity index (χ3v) is 4.67. The quantitative estimate of drug-likeness (QED) is 0.801. The highest BCUT2D eigenvalue weighted by Gasteiger charge is 2.29. The Labute approximate surface area is 129 Å². The van der Waals surface area contributed by atoms with E-state index in [2.05, 4.69) is 34.5 Å². The minimum atomic E-state index is 0.374. The van der Waals surface area contributed by atoms with Crippen LogP contribution < -0.4 is 0 Å².